The standard InChI is InChI=1S/C38H36BClN2/c1-37(2,3)25-17-19-32-30(21-25)39-31-22-26(38(4,5)6)18-20-33(31)42(29-15-11-8-12-16-29)35-24-27(40)23-34(36(35)39)41(32)28-13-9-7-10-14-28/h7-24H,1-6H3. The van der Waals surface area contributed by atoms with Crippen LogP contribution < -0.4 is 26.2 Å². The van der Waals surface area contributed by atoms with Crippen LogP contribution in [0.25, 0.3) is 0 Å². The Morgan fingerprint density at radius 1 is 0.500 bits per heavy atom. The number of para-hydroxylation sites is 2. The Hall–Kier alpha value is -3.95. The maximum Gasteiger partial charge on any atom is 0.252 e. The average molecular weight is 567 g/mol. The molecule has 0 saturated carbocycles. The first-order valence-corrected chi connectivity index (χ1v) is 15.2. The van der Waals surface area contributed by atoms with Gasteiger partial charge in [-0.2, -0.15) is 0 Å². The van der Waals surface area contributed by atoms with Crippen molar-refractivity contribution in [1.82, 2.24) is 0 Å². The van der Waals surface area contributed by atoms with Crippen LogP contribution in [0.15, 0.2) is 109 Å². The fourth-order valence-corrected chi connectivity index (χ4v) is 6.82. The molecule has 0 amide bonds. The topological polar surface area (TPSA) is 6.48 Å². The van der Waals surface area contributed by atoms with E-state index in [9.17, 15) is 0 Å². The van der Waals surface area contributed by atoms with Crippen LogP contribution in [0.2, 0.25) is 5.02 Å². The van der Waals surface area contributed by atoms with Gasteiger partial charge >= 0.3 is 0 Å². The molecule has 0 atom stereocenters. The van der Waals surface area contributed by atoms with Crippen molar-refractivity contribution < 1.29 is 0 Å². The SMILES string of the molecule is CC(C)(C)c1ccc2c(c1)B1c3cc(C(C)(C)C)ccc3N(c3ccccc3)c3cc(Cl)cc(c31)N2c1ccccc1. The molecule has 5 aromatic rings. The third kappa shape index (κ3) is 4.25. The summed E-state index contributed by atoms with van der Waals surface area (Å²) in [6, 6.07) is 39.9. The number of nitrogens with zero attached hydrogens (tertiary/aromatic N) is 2. The van der Waals surface area contributed by atoms with Gasteiger partial charge in [0.1, 0.15) is 0 Å². The van der Waals surface area contributed by atoms with E-state index in [0.29, 0.717) is 0 Å². The van der Waals surface area contributed by atoms with Crippen LogP contribution in [-0.2, 0) is 10.8 Å². The number of hydrogen-bond donors (Lipinski definition) is 0. The third-order valence-electron chi connectivity index (χ3n) is 8.79. The maximum absolute atomic E-state index is 7.01. The van der Waals surface area contributed by atoms with Crippen molar-refractivity contribution >= 4 is 68.8 Å². The Labute approximate surface area is 255 Å². The lowest BCUT2D eigenvalue weighted by Crippen LogP contribution is -2.61. The largest absolute Gasteiger partial charge is 0.311 e. The molecule has 0 N–H and O–H groups in total. The van der Waals surface area contributed by atoms with Gasteiger partial charge in [-0.3, -0.25) is 0 Å². The molecule has 5 aromatic carbocycles. The summed E-state index contributed by atoms with van der Waals surface area (Å²) in [5.74, 6) is 0. The van der Waals surface area contributed by atoms with Crippen LogP contribution in [-0.4, -0.2) is 6.71 Å². The second kappa shape index (κ2) is 9.54. The molecule has 0 fully saturated rings. The molecule has 0 unspecified atom stereocenters. The molecule has 0 radical (unpaired) electrons. The molecule has 0 spiro atoms. The summed E-state index contributed by atoms with van der Waals surface area (Å²) in [6.07, 6.45) is 0. The molecule has 0 saturated heterocycles. The van der Waals surface area contributed by atoms with E-state index in [0.717, 1.165) is 27.8 Å². The van der Waals surface area contributed by atoms with Crippen LogP contribution >= 0.6 is 11.6 Å². The molecule has 2 nitrogen and oxygen atoms in total. The lowest BCUT2D eigenvalue weighted by atomic mass is 9.33. The zero-order chi connectivity index (χ0) is 29.4. The Morgan fingerprint density at radius 3 is 1.29 bits per heavy atom. The molecule has 42 heavy (non-hydrogen) atoms. The quantitative estimate of drug-likeness (QED) is 0.193. The molecule has 7 rings (SSSR count). The minimum absolute atomic E-state index is 0.0243. The van der Waals surface area contributed by atoms with Gasteiger partial charge in [-0.1, -0.05) is 114 Å². The van der Waals surface area contributed by atoms with E-state index < -0.39 is 0 Å². The summed E-state index contributed by atoms with van der Waals surface area (Å²) in [5, 5.41) is 0.730. The molecule has 0 aromatic heterocycles. The van der Waals surface area contributed by atoms with Crippen LogP contribution in [0.1, 0.15) is 52.7 Å². The highest BCUT2D eigenvalue weighted by Crippen LogP contribution is 2.45. The number of anilines is 6. The van der Waals surface area contributed by atoms with Crippen molar-refractivity contribution in [2.45, 2.75) is 52.4 Å². The Balaban J connectivity index is 1.62. The minimum Gasteiger partial charge on any atom is -0.311 e. The zero-order valence-electron chi connectivity index (χ0n) is 25.2. The zero-order valence-corrected chi connectivity index (χ0v) is 26.0. The van der Waals surface area contributed by atoms with Gasteiger partial charge < -0.3 is 9.80 Å². The second-order valence-corrected chi connectivity index (χ2v) is 14.1. The number of fused-ring (bicyclic) bond motifs is 4. The van der Waals surface area contributed by atoms with Crippen molar-refractivity contribution in [3.05, 3.63) is 125 Å². The maximum atomic E-state index is 7.01. The fourth-order valence-electron chi connectivity index (χ4n) is 6.62. The first-order chi connectivity index (χ1) is 20.0. The van der Waals surface area contributed by atoms with Gasteiger partial charge in [-0.05, 0) is 86.9 Å². The van der Waals surface area contributed by atoms with Gasteiger partial charge in [0.2, 0.25) is 0 Å². The van der Waals surface area contributed by atoms with Gasteiger partial charge in [0, 0.05) is 39.1 Å². The molecule has 4 heteroatoms. The smallest absolute Gasteiger partial charge is 0.252 e. The van der Waals surface area contributed by atoms with Crippen molar-refractivity contribution in [2.24, 2.45) is 0 Å². The van der Waals surface area contributed by atoms with E-state index in [-0.39, 0.29) is 17.5 Å². The second-order valence-electron chi connectivity index (χ2n) is 13.7. The van der Waals surface area contributed by atoms with E-state index in [1.54, 1.807) is 0 Å². The van der Waals surface area contributed by atoms with Gasteiger partial charge in [0.25, 0.3) is 6.71 Å². The summed E-state index contributed by atoms with van der Waals surface area (Å²) in [6.45, 7) is 13.9. The molecule has 2 aliphatic rings. The summed E-state index contributed by atoms with van der Waals surface area (Å²) in [7, 11) is 0. The van der Waals surface area contributed by atoms with E-state index in [1.807, 2.05) is 0 Å². The molecule has 0 aliphatic carbocycles. The average Bonchev–Trinajstić information content (AvgIpc) is 2.96. The van der Waals surface area contributed by atoms with E-state index in [1.165, 1.54) is 38.9 Å². The van der Waals surface area contributed by atoms with E-state index in [4.69, 9.17) is 11.6 Å². The van der Waals surface area contributed by atoms with Gasteiger partial charge in [0.15, 0.2) is 0 Å². The molecular formula is C38H36BClN2. The minimum atomic E-state index is 0.0243. The molecule has 2 heterocycles. The Morgan fingerprint density at radius 2 is 0.905 bits per heavy atom. The van der Waals surface area contributed by atoms with Crippen LogP contribution in [0.3, 0.4) is 0 Å². The van der Waals surface area contributed by atoms with Crippen LogP contribution in [0, 0.1) is 0 Å². The third-order valence-corrected chi connectivity index (χ3v) is 9.01. The molecule has 0 bridgehead atoms. The van der Waals surface area contributed by atoms with Crippen molar-refractivity contribution in [3.63, 3.8) is 0 Å². The predicted molar refractivity (Wildman–Crippen MR) is 183 cm³/mol. The molecule has 208 valence electrons. The highest BCUT2D eigenvalue weighted by atomic mass is 35.5. The lowest BCUT2D eigenvalue weighted by molar-refractivity contribution is 0.590. The number of halogens is 1. The van der Waals surface area contributed by atoms with Crippen molar-refractivity contribution in [3.8, 4) is 0 Å². The first-order valence-electron chi connectivity index (χ1n) is 14.8. The summed E-state index contributed by atoms with van der Waals surface area (Å²) < 4.78 is 0. The first kappa shape index (κ1) is 26.9. The normalized spacial score (nSPS) is 13.9. The van der Waals surface area contributed by atoms with Crippen molar-refractivity contribution in [2.75, 3.05) is 9.80 Å². The predicted octanol–water partition coefficient (Wildman–Crippen LogP) is 9.02. The number of rotatable bonds is 2. The molecule has 2 aliphatic heterocycles. The highest BCUT2D eigenvalue weighted by Gasteiger charge is 2.44. The monoisotopic (exact) mass is 566 g/mol. The summed E-state index contributed by atoms with van der Waals surface area (Å²) in [4.78, 5) is 4.82. The Kier molecular flexibility index (Phi) is 6.12. The van der Waals surface area contributed by atoms with E-state index >= 15 is 0 Å². The van der Waals surface area contributed by atoms with Crippen molar-refractivity contribution in [1.29, 1.82) is 0 Å². The number of benzene rings is 5. The van der Waals surface area contributed by atoms with Gasteiger partial charge in [-0.15, -0.1) is 0 Å². The van der Waals surface area contributed by atoms with Crippen LogP contribution in [0.4, 0.5) is 34.1 Å². The summed E-state index contributed by atoms with van der Waals surface area (Å²) >= 11 is 7.01. The molecular weight excluding hydrogens is 531 g/mol. The summed E-state index contributed by atoms with van der Waals surface area (Å²) in [5.41, 5.74) is 13.6. The fraction of sp³-hybridized carbons (Fsp3) is 0.211. The number of hydrogen-bond acceptors (Lipinski definition) is 2. The highest BCUT2D eigenvalue weighted by molar-refractivity contribution is 7.00. The Bertz CT molecular complexity index is 1690. The van der Waals surface area contributed by atoms with Gasteiger partial charge in [-0.25, -0.2) is 0 Å². The van der Waals surface area contributed by atoms with Gasteiger partial charge in [0.05, 0.1) is 0 Å². The lowest BCUT2D eigenvalue weighted by Gasteiger charge is -2.45. The van der Waals surface area contributed by atoms with Crippen LogP contribution in [0.5, 0.6) is 0 Å². The van der Waals surface area contributed by atoms with E-state index in [2.05, 4.69) is 161 Å².